The molecule has 1 unspecified atom stereocenters. The second-order valence-electron chi connectivity index (χ2n) is 8.53. The number of amides is 1. The molecule has 1 fully saturated rings. The molecule has 0 saturated carbocycles. The highest BCUT2D eigenvalue weighted by molar-refractivity contribution is 5.92. The van der Waals surface area contributed by atoms with Crippen molar-refractivity contribution in [3.8, 4) is 0 Å². The van der Waals surface area contributed by atoms with Crippen molar-refractivity contribution in [2.75, 3.05) is 13.1 Å². The molecule has 1 amide bonds. The van der Waals surface area contributed by atoms with Crippen LogP contribution in [0.5, 0.6) is 0 Å². The molecule has 2 aliphatic heterocycles. The van der Waals surface area contributed by atoms with Gasteiger partial charge in [-0.1, -0.05) is 19.1 Å². The van der Waals surface area contributed by atoms with Gasteiger partial charge in [0.1, 0.15) is 11.4 Å². The highest BCUT2D eigenvalue weighted by Gasteiger charge is 2.38. The fourth-order valence-corrected chi connectivity index (χ4v) is 3.98. The number of halogens is 2. The Labute approximate surface area is 165 Å². The zero-order valence-corrected chi connectivity index (χ0v) is 17.0. The van der Waals surface area contributed by atoms with Gasteiger partial charge >= 0.3 is 6.09 Å². The highest BCUT2D eigenvalue weighted by atomic mass is 19.2. The molecule has 5 nitrogen and oxygen atoms in total. The van der Waals surface area contributed by atoms with Crippen molar-refractivity contribution in [1.82, 2.24) is 10.2 Å². The normalized spacial score (nSPS) is 25.0. The van der Waals surface area contributed by atoms with Crippen molar-refractivity contribution >= 4 is 11.9 Å². The van der Waals surface area contributed by atoms with Crippen LogP contribution >= 0.6 is 0 Å². The molecule has 1 aromatic carbocycles. The molecular weight excluding hydrogens is 364 g/mol. The molecule has 1 N–H and O–H groups in total. The Morgan fingerprint density at radius 3 is 2.75 bits per heavy atom. The van der Waals surface area contributed by atoms with Gasteiger partial charge in [-0.05, 0) is 51.7 Å². The second-order valence-corrected chi connectivity index (χ2v) is 8.53. The lowest BCUT2D eigenvalue weighted by Gasteiger charge is -2.31. The van der Waals surface area contributed by atoms with Crippen LogP contribution in [0.15, 0.2) is 23.2 Å². The summed E-state index contributed by atoms with van der Waals surface area (Å²) in [6, 6.07) is 4.24. The molecule has 0 spiro atoms. The Morgan fingerprint density at radius 2 is 2.07 bits per heavy atom. The Balaban J connectivity index is 1.84. The molecule has 0 radical (unpaired) electrons. The summed E-state index contributed by atoms with van der Waals surface area (Å²) < 4.78 is 33.6. The Bertz CT molecular complexity index is 761. The van der Waals surface area contributed by atoms with E-state index in [2.05, 4.69) is 22.1 Å². The van der Waals surface area contributed by atoms with Gasteiger partial charge in [-0.3, -0.25) is 4.99 Å². The third-order valence-electron chi connectivity index (χ3n) is 5.32. The number of aliphatic imine (C=N–C) groups is 1. The monoisotopic (exact) mass is 393 g/mol. The summed E-state index contributed by atoms with van der Waals surface area (Å²) in [5, 5.41) is 2.93. The van der Waals surface area contributed by atoms with E-state index in [0.717, 1.165) is 18.3 Å². The van der Waals surface area contributed by atoms with E-state index in [0.29, 0.717) is 31.5 Å². The predicted molar refractivity (Wildman–Crippen MR) is 105 cm³/mol. The first-order valence-electron chi connectivity index (χ1n) is 9.94. The predicted octanol–water partition coefficient (Wildman–Crippen LogP) is 4.23. The van der Waals surface area contributed by atoms with Crippen LogP contribution < -0.4 is 5.32 Å². The Hall–Kier alpha value is -2.18. The number of nitrogens with zero attached hydrogens (tertiary/aromatic N) is 2. The van der Waals surface area contributed by atoms with Crippen LogP contribution in [0.1, 0.15) is 58.4 Å². The second kappa shape index (κ2) is 8.05. The molecule has 0 bridgehead atoms. The molecule has 3 atom stereocenters. The number of benzene rings is 1. The van der Waals surface area contributed by atoms with Crippen molar-refractivity contribution in [3.63, 3.8) is 0 Å². The number of amidine groups is 1. The van der Waals surface area contributed by atoms with Crippen molar-refractivity contribution in [1.29, 1.82) is 0 Å². The SMILES string of the molecule is CCC1CN=C2[C@H](NC(=O)OC(C)(C)C)CC[C@@H](c3cccc(F)c3F)CN21. The first kappa shape index (κ1) is 20.6. The van der Waals surface area contributed by atoms with Crippen LogP contribution in [0.3, 0.4) is 0 Å². The van der Waals surface area contributed by atoms with E-state index in [1.54, 1.807) is 12.1 Å². The van der Waals surface area contributed by atoms with E-state index in [-0.39, 0.29) is 18.0 Å². The van der Waals surface area contributed by atoms with Gasteiger partial charge in [-0.15, -0.1) is 0 Å². The minimum atomic E-state index is -0.826. The van der Waals surface area contributed by atoms with Gasteiger partial charge in [0.05, 0.1) is 12.6 Å². The molecule has 0 aromatic heterocycles. The van der Waals surface area contributed by atoms with Crippen LogP contribution in [0.25, 0.3) is 0 Å². The third-order valence-corrected chi connectivity index (χ3v) is 5.32. The van der Waals surface area contributed by atoms with Gasteiger partial charge in [-0.2, -0.15) is 0 Å². The molecular formula is C21H29F2N3O2. The average molecular weight is 393 g/mol. The van der Waals surface area contributed by atoms with E-state index in [1.165, 1.54) is 0 Å². The fourth-order valence-electron chi connectivity index (χ4n) is 3.98. The van der Waals surface area contributed by atoms with Crippen LogP contribution in [-0.4, -0.2) is 47.6 Å². The minimum Gasteiger partial charge on any atom is -0.444 e. The molecule has 2 heterocycles. The van der Waals surface area contributed by atoms with Crippen LogP contribution in [0, 0.1) is 11.6 Å². The summed E-state index contributed by atoms with van der Waals surface area (Å²) in [7, 11) is 0. The standard InChI is InChI=1S/C21H29F2N3O2/c1-5-14-11-24-19-17(25-20(27)28-21(2,3)4)10-9-13(12-26(14)19)15-7-6-8-16(22)18(15)23/h6-8,13-14,17H,5,9-12H2,1-4H3,(H,25,27)/t13-,14?,17-/m1/s1. The van der Waals surface area contributed by atoms with Gasteiger partial charge in [0.25, 0.3) is 0 Å². The van der Waals surface area contributed by atoms with Crippen molar-refractivity contribution < 1.29 is 18.3 Å². The number of ether oxygens (including phenoxy) is 1. The van der Waals surface area contributed by atoms with Crippen molar-refractivity contribution in [2.24, 2.45) is 4.99 Å². The van der Waals surface area contributed by atoms with E-state index in [9.17, 15) is 13.6 Å². The topological polar surface area (TPSA) is 53.9 Å². The molecule has 1 saturated heterocycles. The number of carbonyl (C=O) groups excluding carboxylic acids is 1. The maximum atomic E-state index is 14.4. The van der Waals surface area contributed by atoms with Crippen molar-refractivity contribution in [2.45, 2.75) is 70.6 Å². The molecule has 7 heteroatoms. The molecule has 154 valence electrons. The quantitative estimate of drug-likeness (QED) is 0.836. The Kier molecular flexibility index (Phi) is 5.91. The van der Waals surface area contributed by atoms with E-state index in [4.69, 9.17) is 4.74 Å². The van der Waals surface area contributed by atoms with Crippen LogP contribution in [-0.2, 0) is 4.74 Å². The lowest BCUT2D eigenvalue weighted by molar-refractivity contribution is 0.0514. The zero-order chi connectivity index (χ0) is 20.5. The summed E-state index contributed by atoms with van der Waals surface area (Å²) >= 11 is 0. The maximum Gasteiger partial charge on any atom is 0.408 e. The van der Waals surface area contributed by atoms with E-state index in [1.807, 2.05) is 20.8 Å². The minimum absolute atomic E-state index is 0.168. The number of hydrogen-bond donors (Lipinski definition) is 1. The smallest absolute Gasteiger partial charge is 0.408 e. The number of nitrogens with one attached hydrogen (secondary N) is 1. The number of fused-ring (bicyclic) bond motifs is 1. The molecule has 28 heavy (non-hydrogen) atoms. The van der Waals surface area contributed by atoms with Gasteiger partial charge in [0.15, 0.2) is 11.6 Å². The van der Waals surface area contributed by atoms with Crippen LogP contribution in [0.4, 0.5) is 13.6 Å². The third kappa shape index (κ3) is 4.45. The summed E-state index contributed by atoms with van der Waals surface area (Å²) in [6.45, 7) is 8.74. The number of alkyl carbamates (subject to hydrolysis) is 1. The molecule has 2 aliphatic rings. The lowest BCUT2D eigenvalue weighted by atomic mass is 9.92. The Morgan fingerprint density at radius 1 is 1.32 bits per heavy atom. The largest absolute Gasteiger partial charge is 0.444 e. The summed E-state index contributed by atoms with van der Waals surface area (Å²) in [5.74, 6) is -0.958. The highest BCUT2D eigenvalue weighted by Crippen LogP contribution is 2.33. The van der Waals surface area contributed by atoms with Gasteiger partial charge in [0, 0.05) is 18.5 Å². The van der Waals surface area contributed by atoms with Crippen LogP contribution in [0.2, 0.25) is 0 Å². The molecule has 1 aromatic rings. The fraction of sp³-hybridized carbons (Fsp3) is 0.619. The molecule has 3 rings (SSSR count). The summed E-state index contributed by atoms with van der Waals surface area (Å²) in [4.78, 5) is 19.1. The number of hydrogen-bond acceptors (Lipinski definition) is 4. The first-order chi connectivity index (χ1) is 13.2. The average Bonchev–Trinajstić information content (AvgIpc) is 2.92. The van der Waals surface area contributed by atoms with Gasteiger partial charge in [-0.25, -0.2) is 13.6 Å². The number of rotatable bonds is 3. The zero-order valence-electron chi connectivity index (χ0n) is 17.0. The maximum absolute atomic E-state index is 14.4. The molecule has 0 aliphatic carbocycles. The lowest BCUT2D eigenvalue weighted by Crippen LogP contribution is -2.49. The summed E-state index contributed by atoms with van der Waals surface area (Å²) in [6.07, 6.45) is 1.61. The number of carbonyl (C=O) groups is 1. The van der Waals surface area contributed by atoms with Crippen molar-refractivity contribution in [3.05, 3.63) is 35.4 Å². The summed E-state index contributed by atoms with van der Waals surface area (Å²) in [5.41, 5.74) is -0.204. The van der Waals surface area contributed by atoms with Gasteiger partial charge < -0.3 is 15.0 Å². The first-order valence-corrected chi connectivity index (χ1v) is 9.94. The van der Waals surface area contributed by atoms with Gasteiger partial charge in [0.2, 0.25) is 0 Å². The van der Waals surface area contributed by atoms with E-state index < -0.39 is 23.3 Å². The van der Waals surface area contributed by atoms with E-state index >= 15 is 0 Å².